The van der Waals surface area contributed by atoms with Gasteiger partial charge in [-0.05, 0) is 33.9 Å². The van der Waals surface area contributed by atoms with E-state index in [4.69, 9.17) is 4.74 Å². The van der Waals surface area contributed by atoms with Crippen LogP contribution in [0.15, 0.2) is 0 Å². The molecule has 1 atom stereocenters. The largest absolute Gasteiger partial charge is 0.361 e. The van der Waals surface area contributed by atoms with Crippen molar-refractivity contribution in [2.45, 2.75) is 25.5 Å². The van der Waals surface area contributed by atoms with Gasteiger partial charge in [0.1, 0.15) is 5.72 Å². The van der Waals surface area contributed by atoms with Crippen LogP contribution in [0.2, 0.25) is 0 Å². The van der Waals surface area contributed by atoms with Crippen molar-refractivity contribution in [2.24, 2.45) is 0 Å². The highest BCUT2D eigenvalue weighted by atomic mass is 16.5. The molecular weight excluding hydrogens is 114 g/mol. The van der Waals surface area contributed by atoms with Gasteiger partial charge in [-0.25, -0.2) is 0 Å². The monoisotopic (exact) mass is 129 g/mol. The van der Waals surface area contributed by atoms with Crippen molar-refractivity contribution < 1.29 is 4.74 Å². The summed E-state index contributed by atoms with van der Waals surface area (Å²) in [5.41, 5.74) is 0.0278. The summed E-state index contributed by atoms with van der Waals surface area (Å²) in [5.74, 6) is 0. The molecule has 1 unspecified atom stereocenters. The predicted molar refractivity (Wildman–Crippen MR) is 37.3 cm³/mol. The maximum atomic E-state index is 5.53. The topological polar surface area (TPSA) is 12.5 Å². The lowest BCUT2D eigenvalue weighted by atomic mass is 10.1. The summed E-state index contributed by atoms with van der Waals surface area (Å²) in [6.45, 7) is 3.06. The van der Waals surface area contributed by atoms with Crippen LogP contribution in [-0.4, -0.2) is 31.3 Å². The molecule has 0 aromatic heterocycles. The van der Waals surface area contributed by atoms with Crippen LogP contribution in [0.5, 0.6) is 0 Å². The number of hydrogen-bond acceptors (Lipinski definition) is 2. The summed E-state index contributed by atoms with van der Waals surface area (Å²) >= 11 is 0. The van der Waals surface area contributed by atoms with Gasteiger partial charge in [0.25, 0.3) is 0 Å². The Kier molecular flexibility index (Phi) is 1.78. The van der Waals surface area contributed by atoms with E-state index in [0.717, 1.165) is 6.61 Å². The molecule has 54 valence electrons. The van der Waals surface area contributed by atoms with Gasteiger partial charge < -0.3 is 4.74 Å². The van der Waals surface area contributed by atoms with Crippen molar-refractivity contribution in [1.29, 1.82) is 0 Å². The Morgan fingerprint density at radius 2 is 2.11 bits per heavy atom. The molecule has 1 heterocycles. The van der Waals surface area contributed by atoms with Crippen LogP contribution in [0.1, 0.15) is 19.8 Å². The van der Waals surface area contributed by atoms with Gasteiger partial charge in [0.15, 0.2) is 0 Å². The highest BCUT2D eigenvalue weighted by Gasteiger charge is 2.31. The van der Waals surface area contributed by atoms with Crippen LogP contribution >= 0.6 is 0 Å². The highest BCUT2D eigenvalue weighted by Crippen LogP contribution is 2.26. The van der Waals surface area contributed by atoms with Gasteiger partial charge in [-0.3, -0.25) is 4.90 Å². The van der Waals surface area contributed by atoms with Gasteiger partial charge in [0.05, 0.1) is 0 Å². The third-order valence-corrected chi connectivity index (χ3v) is 2.14. The zero-order chi connectivity index (χ0) is 6.91. The molecule has 2 heteroatoms. The highest BCUT2D eigenvalue weighted by molar-refractivity contribution is 4.76. The molecule has 0 saturated carbocycles. The molecule has 1 saturated heterocycles. The van der Waals surface area contributed by atoms with Gasteiger partial charge >= 0.3 is 0 Å². The Hall–Kier alpha value is -0.0800. The molecule has 0 aromatic rings. The quantitative estimate of drug-likeness (QED) is 0.525. The Morgan fingerprint density at radius 3 is 2.33 bits per heavy atom. The number of ether oxygens (including phenoxy) is 1. The molecular formula is C7H15NO. The third kappa shape index (κ3) is 1.25. The van der Waals surface area contributed by atoms with Crippen molar-refractivity contribution in [1.82, 2.24) is 4.90 Å². The molecule has 2 nitrogen and oxygen atoms in total. The SMILES string of the molecule is CN(C)C1(C)CCCO1. The second-order valence-electron chi connectivity index (χ2n) is 3.02. The molecule has 1 rings (SSSR count). The number of hydrogen-bond donors (Lipinski definition) is 0. The molecule has 0 N–H and O–H groups in total. The molecule has 0 radical (unpaired) electrons. The lowest BCUT2D eigenvalue weighted by Gasteiger charge is -2.30. The van der Waals surface area contributed by atoms with E-state index in [1.165, 1.54) is 12.8 Å². The Labute approximate surface area is 56.8 Å². The fraction of sp³-hybridized carbons (Fsp3) is 1.00. The van der Waals surface area contributed by atoms with Crippen molar-refractivity contribution in [3.05, 3.63) is 0 Å². The first-order valence-electron chi connectivity index (χ1n) is 3.46. The van der Waals surface area contributed by atoms with Crippen molar-refractivity contribution in [3.8, 4) is 0 Å². The van der Waals surface area contributed by atoms with E-state index in [2.05, 4.69) is 25.9 Å². The normalized spacial score (nSPS) is 36.0. The van der Waals surface area contributed by atoms with E-state index in [1.54, 1.807) is 0 Å². The van der Waals surface area contributed by atoms with Crippen LogP contribution in [-0.2, 0) is 4.74 Å². The summed E-state index contributed by atoms with van der Waals surface area (Å²) in [7, 11) is 4.12. The molecule has 9 heavy (non-hydrogen) atoms. The van der Waals surface area contributed by atoms with E-state index in [1.807, 2.05) is 0 Å². The second-order valence-corrected chi connectivity index (χ2v) is 3.02. The first kappa shape index (κ1) is 7.03. The van der Waals surface area contributed by atoms with Crippen molar-refractivity contribution in [2.75, 3.05) is 20.7 Å². The maximum Gasteiger partial charge on any atom is 0.118 e. The lowest BCUT2D eigenvalue weighted by Crippen LogP contribution is -2.40. The van der Waals surface area contributed by atoms with Crippen molar-refractivity contribution in [3.63, 3.8) is 0 Å². The molecule has 0 bridgehead atoms. The smallest absolute Gasteiger partial charge is 0.118 e. The summed E-state index contributed by atoms with van der Waals surface area (Å²) in [6.07, 6.45) is 2.37. The van der Waals surface area contributed by atoms with Crippen LogP contribution in [0.25, 0.3) is 0 Å². The standard InChI is InChI=1S/C7H15NO/c1-7(8(2)3)5-4-6-9-7/h4-6H2,1-3H3. The van der Waals surface area contributed by atoms with E-state index in [-0.39, 0.29) is 5.72 Å². The van der Waals surface area contributed by atoms with Crippen LogP contribution in [0, 0.1) is 0 Å². The maximum absolute atomic E-state index is 5.53. The zero-order valence-electron chi connectivity index (χ0n) is 6.48. The third-order valence-electron chi connectivity index (χ3n) is 2.14. The molecule has 0 aromatic carbocycles. The average Bonchev–Trinajstić information content (AvgIpc) is 2.16. The Morgan fingerprint density at radius 1 is 1.44 bits per heavy atom. The predicted octanol–water partition coefficient (Wildman–Crippen LogP) is 1.07. The first-order valence-corrected chi connectivity index (χ1v) is 3.46. The van der Waals surface area contributed by atoms with Gasteiger partial charge in [-0.2, -0.15) is 0 Å². The van der Waals surface area contributed by atoms with Gasteiger partial charge in [0.2, 0.25) is 0 Å². The van der Waals surface area contributed by atoms with E-state index in [0.29, 0.717) is 0 Å². The van der Waals surface area contributed by atoms with E-state index < -0.39 is 0 Å². The van der Waals surface area contributed by atoms with Crippen LogP contribution in [0.3, 0.4) is 0 Å². The van der Waals surface area contributed by atoms with Crippen LogP contribution < -0.4 is 0 Å². The minimum atomic E-state index is 0.0278. The summed E-state index contributed by atoms with van der Waals surface area (Å²) in [5, 5.41) is 0. The fourth-order valence-electron chi connectivity index (χ4n) is 1.12. The summed E-state index contributed by atoms with van der Waals surface area (Å²) in [6, 6.07) is 0. The Bertz CT molecular complexity index is 95.1. The molecule has 0 amide bonds. The molecule has 1 aliphatic heterocycles. The molecule has 1 fully saturated rings. The molecule has 1 aliphatic rings. The number of nitrogens with zero attached hydrogens (tertiary/aromatic N) is 1. The van der Waals surface area contributed by atoms with E-state index in [9.17, 15) is 0 Å². The van der Waals surface area contributed by atoms with Crippen molar-refractivity contribution >= 4 is 0 Å². The first-order chi connectivity index (χ1) is 4.15. The Balaban J connectivity index is 2.51. The fourth-order valence-corrected chi connectivity index (χ4v) is 1.12. The summed E-state index contributed by atoms with van der Waals surface area (Å²) < 4.78 is 5.53. The van der Waals surface area contributed by atoms with Gasteiger partial charge in [-0.15, -0.1) is 0 Å². The average molecular weight is 129 g/mol. The lowest BCUT2D eigenvalue weighted by molar-refractivity contribution is -0.0841. The van der Waals surface area contributed by atoms with Crippen LogP contribution in [0.4, 0.5) is 0 Å². The molecule has 0 aliphatic carbocycles. The minimum absolute atomic E-state index is 0.0278. The zero-order valence-corrected chi connectivity index (χ0v) is 6.48. The van der Waals surface area contributed by atoms with Gasteiger partial charge in [-0.1, -0.05) is 0 Å². The summed E-state index contributed by atoms with van der Waals surface area (Å²) in [4.78, 5) is 2.14. The van der Waals surface area contributed by atoms with Gasteiger partial charge in [0, 0.05) is 6.61 Å². The molecule has 0 spiro atoms. The van der Waals surface area contributed by atoms with E-state index >= 15 is 0 Å². The second kappa shape index (κ2) is 2.27. The minimum Gasteiger partial charge on any atom is -0.361 e. The number of rotatable bonds is 1.